The van der Waals surface area contributed by atoms with E-state index < -0.39 is 102 Å². The molecule has 1 aliphatic carbocycles. The minimum absolute atomic E-state index is 0.0505. The quantitative estimate of drug-likeness (QED) is 0.0853. The average Bonchev–Trinajstić information content (AvgIpc) is 3.68. The standard InChI is InChI=1S/C34H28F9N7O3S/c1-53-7-6-45-32-48-31-23(54-32)13-19(16-2-3-21(37)20(11-16)30(44)52)26(47-31)22(10-15-8-17(35)12-18(36)9-15)46-24(51)14-50-28-25(27(49-50)29(38)39)33(40,41)4-5-34(28,42)43/h2-3,8-9,11-13,22,29H,4-7,10,14H2,1H3,(H2,44,52)(H,46,51)(H,45,47,48)/t22-/m0/s1. The second kappa shape index (κ2) is 14.9. The lowest BCUT2D eigenvalue weighted by Crippen LogP contribution is -2.37. The number of carbonyl (C=O) groups excluding carboxylic acids is 2. The van der Waals surface area contributed by atoms with E-state index in [-0.39, 0.29) is 32.7 Å². The van der Waals surface area contributed by atoms with Gasteiger partial charge in [-0.05, 0) is 47.9 Å². The van der Waals surface area contributed by atoms with Crippen LogP contribution >= 0.6 is 11.3 Å². The number of hydrogen-bond donors (Lipinski definition) is 3. The van der Waals surface area contributed by atoms with E-state index in [9.17, 15) is 40.3 Å². The molecule has 2 amide bonds. The fraction of sp³-hybridized carbons (Fsp3) is 0.324. The SMILES string of the molecule is COCCNc1nc2nc([C@H](Cc3cc(F)cc(F)c3)NC(=O)Cn3nc(C(F)F)c4c3C(F)(F)CCC4(F)F)c(-c3ccc(F)c(C(N)=O)c3)cc2s1. The van der Waals surface area contributed by atoms with Gasteiger partial charge in [0.25, 0.3) is 24.2 Å². The van der Waals surface area contributed by atoms with Crippen LogP contribution in [0.2, 0.25) is 0 Å². The highest BCUT2D eigenvalue weighted by Gasteiger charge is 2.55. The normalized spacial score (nSPS) is 15.3. The predicted octanol–water partition coefficient (Wildman–Crippen LogP) is 7.14. The molecular formula is C34H28F9N7O3S. The number of alkyl halides is 6. The van der Waals surface area contributed by atoms with Crippen molar-refractivity contribution in [1.82, 2.24) is 25.1 Å². The van der Waals surface area contributed by atoms with Crippen LogP contribution in [0.15, 0.2) is 42.5 Å². The summed E-state index contributed by atoms with van der Waals surface area (Å²) in [6.45, 7) is -0.612. The Morgan fingerprint density at radius 2 is 1.69 bits per heavy atom. The van der Waals surface area contributed by atoms with Crippen LogP contribution in [0.5, 0.6) is 0 Å². The van der Waals surface area contributed by atoms with Crippen LogP contribution in [0.4, 0.5) is 44.6 Å². The van der Waals surface area contributed by atoms with Crippen molar-refractivity contribution < 1.29 is 53.8 Å². The van der Waals surface area contributed by atoms with E-state index in [1.807, 2.05) is 0 Å². The number of nitrogens with two attached hydrogens (primary N) is 1. The molecule has 10 nitrogen and oxygen atoms in total. The minimum Gasteiger partial charge on any atom is -0.383 e. The van der Waals surface area contributed by atoms with Crippen LogP contribution in [0.3, 0.4) is 0 Å². The number of hydrogen-bond acceptors (Lipinski definition) is 8. The van der Waals surface area contributed by atoms with Gasteiger partial charge < -0.3 is 21.1 Å². The summed E-state index contributed by atoms with van der Waals surface area (Å²) < 4.78 is 136. The third-order valence-corrected chi connectivity index (χ3v) is 9.46. The number of methoxy groups -OCH3 is 1. The van der Waals surface area contributed by atoms with Crippen LogP contribution < -0.4 is 16.4 Å². The molecule has 0 saturated carbocycles. The summed E-state index contributed by atoms with van der Waals surface area (Å²) in [6, 6.07) is 5.85. The summed E-state index contributed by atoms with van der Waals surface area (Å²) in [7, 11) is 1.49. The molecule has 54 heavy (non-hydrogen) atoms. The van der Waals surface area contributed by atoms with E-state index in [2.05, 4.69) is 25.7 Å². The number of fused-ring (bicyclic) bond motifs is 2. The number of halogens is 9. The van der Waals surface area contributed by atoms with Gasteiger partial charge in [0.2, 0.25) is 5.91 Å². The number of anilines is 1. The largest absolute Gasteiger partial charge is 0.383 e. The molecule has 3 aromatic heterocycles. The predicted molar refractivity (Wildman–Crippen MR) is 177 cm³/mol. The zero-order valence-corrected chi connectivity index (χ0v) is 28.7. The van der Waals surface area contributed by atoms with E-state index in [1.54, 1.807) is 0 Å². The van der Waals surface area contributed by atoms with Gasteiger partial charge in [0.15, 0.2) is 10.8 Å². The van der Waals surface area contributed by atoms with Gasteiger partial charge in [-0.3, -0.25) is 14.3 Å². The van der Waals surface area contributed by atoms with Gasteiger partial charge in [-0.25, -0.2) is 40.7 Å². The number of benzene rings is 2. The number of primary amides is 1. The maximum absolute atomic E-state index is 15.1. The van der Waals surface area contributed by atoms with Crippen molar-refractivity contribution in [2.75, 3.05) is 25.6 Å². The molecule has 3 heterocycles. The van der Waals surface area contributed by atoms with Crippen molar-refractivity contribution in [1.29, 1.82) is 0 Å². The highest BCUT2D eigenvalue weighted by atomic mass is 32.1. The van der Waals surface area contributed by atoms with E-state index in [1.165, 1.54) is 19.2 Å². The first kappa shape index (κ1) is 38.5. The Labute approximate surface area is 303 Å². The van der Waals surface area contributed by atoms with E-state index in [4.69, 9.17) is 10.5 Å². The molecule has 0 radical (unpaired) electrons. The van der Waals surface area contributed by atoms with Crippen LogP contribution in [0, 0.1) is 17.5 Å². The third kappa shape index (κ3) is 7.84. The number of amides is 2. The van der Waals surface area contributed by atoms with Gasteiger partial charge in [-0.2, -0.15) is 13.9 Å². The monoisotopic (exact) mass is 785 g/mol. The molecule has 20 heteroatoms. The van der Waals surface area contributed by atoms with E-state index >= 15 is 8.78 Å². The molecule has 286 valence electrons. The number of ether oxygens (including phenoxy) is 1. The fourth-order valence-electron chi connectivity index (χ4n) is 6.19. The Balaban J connectivity index is 1.49. The van der Waals surface area contributed by atoms with Gasteiger partial charge in [0.05, 0.1) is 34.2 Å². The van der Waals surface area contributed by atoms with Crippen LogP contribution in [-0.2, 0) is 34.3 Å². The molecule has 6 rings (SSSR count). The summed E-state index contributed by atoms with van der Waals surface area (Å²) in [5.74, 6) is -13.5. The first-order valence-electron chi connectivity index (χ1n) is 16.0. The van der Waals surface area contributed by atoms with Gasteiger partial charge in [-0.1, -0.05) is 17.4 Å². The summed E-state index contributed by atoms with van der Waals surface area (Å²) >= 11 is 1.13. The Bertz CT molecular complexity index is 2230. The third-order valence-electron chi connectivity index (χ3n) is 8.51. The van der Waals surface area contributed by atoms with Crippen molar-refractivity contribution >= 4 is 38.6 Å². The maximum Gasteiger partial charge on any atom is 0.290 e. The van der Waals surface area contributed by atoms with Gasteiger partial charge in [-0.15, -0.1) is 0 Å². The number of rotatable bonds is 13. The molecule has 0 saturated heterocycles. The van der Waals surface area contributed by atoms with Crippen molar-refractivity contribution in [3.05, 3.63) is 93.7 Å². The number of thiazole rings is 1. The topological polar surface area (TPSA) is 137 Å². The summed E-state index contributed by atoms with van der Waals surface area (Å²) in [5, 5.41) is 9.20. The van der Waals surface area contributed by atoms with Crippen molar-refractivity contribution in [2.45, 2.75) is 50.1 Å². The Kier molecular flexibility index (Phi) is 10.6. The van der Waals surface area contributed by atoms with E-state index in [0.29, 0.717) is 29.0 Å². The molecule has 5 aromatic rings. The fourth-order valence-corrected chi connectivity index (χ4v) is 7.06. The molecule has 0 bridgehead atoms. The van der Waals surface area contributed by atoms with Gasteiger partial charge in [0.1, 0.15) is 35.4 Å². The summed E-state index contributed by atoms with van der Waals surface area (Å²) in [4.78, 5) is 34.8. The van der Waals surface area contributed by atoms with Gasteiger partial charge >= 0.3 is 0 Å². The number of aromatic nitrogens is 4. The molecule has 0 spiro atoms. The van der Waals surface area contributed by atoms with Crippen LogP contribution in [0.1, 0.15) is 63.9 Å². The molecule has 0 fully saturated rings. The van der Waals surface area contributed by atoms with Crippen molar-refractivity contribution in [3.8, 4) is 11.1 Å². The summed E-state index contributed by atoms with van der Waals surface area (Å²) in [5.41, 5.74) is 0.244. The first-order chi connectivity index (χ1) is 25.5. The lowest BCUT2D eigenvalue weighted by molar-refractivity contribution is -0.123. The number of pyridine rings is 1. The zero-order valence-electron chi connectivity index (χ0n) is 27.8. The Morgan fingerprint density at radius 3 is 2.35 bits per heavy atom. The number of nitrogens with one attached hydrogen (secondary N) is 2. The maximum atomic E-state index is 15.1. The molecule has 1 aliphatic rings. The summed E-state index contributed by atoms with van der Waals surface area (Å²) in [6.07, 6.45) is -6.99. The van der Waals surface area contributed by atoms with Crippen molar-refractivity contribution in [2.24, 2.45) is 5.73 Å². The molecule has 4 N–H and O–H groups in total. The smallest absolute Gasteiger partial charge is 0.290 e. The van der Waals surface area contributed by atoms with Crippen LogP contribution in [0.25, 0.3) is 21.5 Å². The molecule has 0 unspecified atom stereocenters. The number of carbonyl (C=O) groups is 2. The molecule has 2 aromatic carbocycles. The second-order valence-electron chi connectivity index (χ2n) is 12.3. The average molecular weight is 786 g/mol. The Hall–Kier alpha value is -5.24. The highest BCUT2D eigenvalue weighted by molar-refractivity contribution is 7.22. The Morgan fingerprint density at radius 1 is 0.981 bits per heavy atom. The molecule has 0 aliphatic heterocycles. The molecule has 1 atom stereocenters. The van der Waals surface area contributed by atoms with Crippen LogP contribution in [-0.4, -0.2) is 51.8 Å². The van der Waals surface area contributed by atoms with Gasteiger partial charge in [0, 0.05) is 38.1 Å². The molecular weight excluding hydrogens is 757 g/mol. The highest BCUT2D eigenvalue weighted by Crippen LogP contribution is 2.52. The minimum atomic E-state index is -4.10. The lowest BCUT2D eigenvalue weighted by Gasteiger charge is -2.29. The van der Waals surface area contributed by atoms with Crippen molar-refractivity contribution in [3.63, 3.8) is 0 Å². The number of nitrogens with zero attached hydrogens (tertiary/aromatic N) is 4. The lowest BCUT2D eigenvalue weighted by atomic mass is 9.89. The van der Waals surface area contributed by atoms with E-state index in [0.717, 1.165) is 35.6 Å². The zero-order chi connectivity index (χ0) is 39.1. The first-order valence-corrected chi connectivity index (χ1v) is 16.8. The second-order valence-corrected chi connectivity index (χ2v) is 13.3.